The van der Waals surface area contributed by atoms with Crippen molar-refractivity contribution in [2.24, 2.45) is 0 Å². The Bertz CT molecular complexity index is 1580. The highest BCUT2D eigenvalue weighted by Gasteiger charge is 2.49. The highest BCUT2D eigenvalue weighted by atomic mass is 16.7. The molecule has 2 aliphatic rings. The Labute approximate surface area is 246 Å². The van der Waals surface area contributed by atoms with Crippen molar-refractivity contribution in [3.63, 3.8) is 0 Å². The molecule has 44 heavy (non-hydrogen) atoms. The molecule has 0 saturated carbocycles. The molecule has 3 aromatic carbocycles. The number of hydrogen-bond donors (Lipinski definition) is 10. The molecule has 5 rings (SSSR count). The molecular formula is C28H26O16. The van der Waals surface area contributed by atoms with E-state index >= 15 is 0 Å². The van der Waals surface area contributed by atoms with Crippen molar-refractivity contribution in [3.05, 3.63) is 59.2 Å². The van der Waals surface area contributed by atoms with Gasteiger partial charge in [-0.2, -0.15) is 0 Å². The summed E-state index contributed by atoms with van der Waals surface area (Å²) in [4.78, 5) is 26.1. The van der Waals surface area contributed by atoms with Crippen molar-refractivity contribution in [1.29, 1.82) is 0 Å². The van der Waals surface area contributed by atoms with Gasteiger partial charge >= 0.3 is 5.97 Å². The fraction of sp³-hybridized carbons (Fsp3) is 0.286. The Hall–Kier alpha value is -5.00. The number of benzene rings is 3. The van der Waals surface area contributed by atoms with Gasteiger partial charge in [0.25, 0.3) is 0 Å². The molecule has 2 aliphatic heterocycles. The average molecular weight is 619 g/mol. The lowest BCUT2D eigenvalue weighted by Crippen LogP contribution is -2.60. The van der Waals surface area contributed by atoms with E-state index in [9.17, 15) is 60.7 Å². The number of hydrogen-bond acceptors (Lipinski definition) is 16. The molecule has 1 saturated heterocycles. The Kier molecular flexibility index (Phi) is 8.02. The molecule has 0 bridgehead atoms. The van der Waals surface area contributed by atoms with E-state index in [2.05, 4.69) is 0 Å². The molecule has 0 radical (unpaired) electrons. The summed E-state index contributed by atoms with van der Waals surface area (Å²) >= 11 is 0. The number of phenols is 7. The van der Waals surface area contributed by atoms with E-state index in [-0.39, 0.29) is 11.3 Å². The van der Waals surface area contributed by atoms with Crippen LogP contribution in [0.3, 0.4) is 0 Å². The molecule has 3 aromatic rings. The molecule has 1 fully saturated rings. The Balaban J connectivity index is 1.41. The summed E-state index contributed by atoms with van der Waals surface area (Å²) in [6.07, 6.45) is -12.5. The number of carbonyl (C=O) groups is 2. The van der Waals surface area contributed by atoms with E-state index in [4.69, 9.17) is 18.9 Å². The zero-order chi connectivity index (χ0) is 32.0. The standard InChI is InChI=1S/C28H26O16/c29-11-6-14(32)19-17(7-11)42-25(9-1-2-12(30)13(31)3-9)26(22(19)37)44-28-24(39)23(38)21(36)18(43-28)8-41-27(40)10-4-15(33)20(35)16(34)5-10/h1-7,18,21,23-26,28-36,38-39H,8H2/t18-,21-,23+,24-,25-,26+,28+/m1/s1. The minimum atomic E-state index is -1.99. The number of Topliss-reactive ketones (excluding diaryl/α,β-unsaturated/α-hetero) is 1. The van der Waals surface area contributed by atoms with Crippen molar-refractivity contribution in [3.8, 4) is 46.0 Å². The van der Waals surface area contributed by atoms with Crippen LogP contribution >= 0.6 is 0 Å². The summed E-state index contributed by atoms with van der Waals surface area (Å²) in [7, 11) is 0. The maximum Gasteiger partial charge on any atom is 0.338 e. The predicted molar refractivity (Wildman–Crippen MR) is 141 cm³/mol. The molecule has 7 atom stereocenters. The average Bonchev–Trinajstić information content (AvgIpc) is 2.97. The van der Waals surface area contributed by atoms with Crippen LogP contribution in [-0.4, -0.2) is 106 Å². The third kappa shape index (κ3) is 5.54. The molecule has 10 N–H and O–H groups in total. The molecule has 0 amide bonds. The minimum absolute atomic E-state index is 0.0592. The second-order valence-corrected chi connectivity index (χ2v) is 10.0. The lowest BCUT2D eigenvalue weighted by atomic mass is 9.92. The fourth-order valence-electron chi connectivity index (χ4n) is 4.77. The van der Waals surface area contributed by atoms with Gasteiger partial charge in [0, 0.05) is 12.1 Å². The lowest BCUT2D eigenvalue weighted by Gasteiger charge is -2.42. The van der Waals surface area contributed by atoms with Crippen LogP contribution < -0.4 is 4.74 Å². The first-order valence-electron chi connectivity index (χ1n) is 12.8. The third-order valence-corrected chi connectivity index (χ3v) is 7.06. The minimum Gasteiger partial charge on any atom is -0.508 e. The van der Waals surface area contributed by atoms with Gasteiger partial charge in [-0.15, -0.1) is 0 Å². The summed E-state index contributed by atoms with van der Waals surface area (Å²) in [5, 5.41) is 100. The molecule has 234 valence electrons. The summed E-state index contributed by atoms with van der Waals surface area (Å²) < 4.78 is 22.2. The SMILES string of the molecule is O=C(OC[C@H]1O[C@@H](O[C@H]2C(=O)c3c(O)cc(O)cc3O[C@@H]2c2ccc(O)c(O)c2)[C@H](O)[C@@H](O)[C@@H]1O)c1cc(O)c(O)c(O)c1. The lowest BCUT2D eigenvalue weighted by molar-refractivity contribution is -0.311. The monoisotopic (exact) mass is 618 g/mol. The molecule has 0 aromatic heterocycles. The molecule has 0 aliphatic carbocycles. The van der Waals surface area contributed by atoms with Gasteiger partial charge in [-0.1, -0.05) is 6.07 Å². The molecule has 0 spiro atoms. The number of aliphatic hydroxyl groups is 3. The normalized spacial score (nSPS) is 26.4. The van der Waals surface area contributed by atoms with Gasteiger partial charge in [0.2, 0.25) is 5.78 Å². The number of esters is 1. The highest BCUT2D eigenvalue weighted by Crippen LogP contribution is 2.44. The zero-order valence-electron chi connectivity index (χ0n) is 22.2. The predicted octanol–water partition coefficient (Wildman–Crippen LogP) is -0.00800. The Morgan fingerprint density at radius 1 is 0.773 bits per heavy atom. The summed E-state index contributed by atoms with van der Waals surface area (Å²) in [5.74, 6) is -7.08. The van der Waals surface area contributed by atoms with Crippen LogP contribution in [0.2, 0.25) is 0 Å². The summed E-state index contributed by atoms with van der Waals surface area (Å²) in [6, 6.07) is 6.92. The van der Waals surface area contributed by atoms with Crippen molar-refractivity contribution in [1.82, 2.24) is 0 Å². The first-order valence-corrected chi connectivity index (χ1v) is 12.8. The van der Waals surface area contributed by atoms with Crippen LogP contribution in [0.5, 0.6) is 46.0 Å². The first-order chi connectivity index (χ1) is 20.8. The molecular weight excluding hydrogens is 592 g/mol. The van der Waals surface area contributed by atoms with Gasteiger partial charge < -0.3 is 70.0 Å². The number of fused-ring (bicyclic) bond motifs is 1. The van der Waals surface area contributed by atoms with Gasteiger partial charge in [-0.05, 0) is 29.8 Å². The highest BCUT2D eigenvalue weighted by molar-refractivity contribution is 6.05. The number of phenolic OH excluding ortho intramolecular Hbond substituents is 7. The van der Waals surface area contributed by atoms with Crippen molar-refractivity contribution < 1.29 is 79.6 Å². The quantitative estimate of drug-likeness (QED) is 0.128. The van der Waals surface area contributed by atoms with Gasteiger partial charge in [0.15, 0.2) is 47.2 Å². The van der Waals surface area contributed by atoms with Crippen LogP contribution in [-0.2, 0) is 14.2 Å². The smallest absolute Gasteiger partial charge is 0.338 e. The van der Waals surface area contributed by atoms with Gasteiger partial charge in [0.1, 0.15) is 53.8 Å². The fourth-order valence-corrected chi connectivity index (χ4v) is 4.77. The van der Waals surface area contributed by atoms with Gasteiger partial charge in [-0.25, -0.2) is 4.79 Å². The second-order valence-electron chi connectivity index (χ2n) is 10.0. The summed E-state index contributed by atoms with van der Waals surface area (Å²) in [6.45, 7) is -0.778. The van der Waals surface area contributed by atoms with E-state index in [0.29, 0.717) is 0 Å². The van der Waals surface area contributed by atoms with E-state index in [0.717, 1.165) is 36.4 Å². The number of rotatable bonds is 6. The largest absolute Gasteiger partial charge is 0.508 e. The van der Waals surface area contributed by atoms with E-state index < -0.39 is 113 Å². The maximum atomic E-state index is 13.6. The van der Waals surface area contributed by atoms with Crippen molar-refractivity contribution in [2.45, 2.75) is 42.9 Å². The Morgan fingerprint density at radius 2 is 1.45 bits per heavy atom. The van der Waals surface area contributed by atoms with Gasteiger partial charge in [0.05, 0.1) is 5.56 Å². The van der Waals surface area contributed by atoms with Gasteiger partial charge in [-0.3, -0.25) is 4.79 Å². The van der Waals surface area contributed by atoms with Crippen LogP contribution in [0.1, 0.15) is 32.4 Å². The topological polar surface area (TPSA) is 273 Å². The molecule has 16 heteroatoms. The molecule has 16 nitrogen and oxygen atoms in total. The van der Waals surface area contributed by atoms with E-state index in [1.54, 1.807) is 0 Å². The zero-order valence-corrected chi connectivity index (χ0v) is 22.2. The second kappa shape index (κ2) is 11.6. The van der Waals surface area contributed by atoms with E-state index in [1.165, 1.54) is 6.07 Å². The third-order valence-electron chi connectivity index (χ3n) is 7.06. The summed E-state index contributed by atoms with van der Waals surface area (Å²) in [5.41, 5.74) is -0.751. The van der Waals surface area contributed by atoms with Crippen molar-refractivity contribution >= 4 is 11.8 Å². The Morgan fingerprint density at radius 3 is 2.11 bits per heavy atom. The first kappa shape index (κ1) is 30.5. The van der Waals surface area contributed by atoms with E-state index in [1.807, 2.05) is 0 Å². The maximum absolute atomic E-state index is 13.6. The van der Waals surface area contributed by atoms with Crippen LogP contribution in [0.25, 0.3) is 0 Å². The van der Waals surface area contributed by atoms with Crippen LogP contribution in [0.15, 0.2) is 42.5 Å². The molecule has 2 heterocycles. The molecule has 0 unspecified atom stereocenters. The number of carbonyl (C=O) groups excluding carboxylic acids is 2. The number of ether oxygens (including phenoxy) is 4. The van der Waals surface area contributed by atoms with Crippen molar-refractivity contribution in [2.75, 3.05) is 6.61 Å². The van der Waals surface area contributed by atoms with Crippen LogP contribution in [0.4, 0.5) is 0 Å². The van der Waals surface area contributed by atoms with Crippen LogP contribution in [0, 0.1) is 0 Å². The number of ketones is 1. The number of aromatic hydroxyl groups is 7. The number of aliphatic hydroxyl groups excluding tert-OH is 3.